The van der Waals surface area contributed by atoms with Crippen LogP contribution in [-0.2, 0) is 4.79 Å². The Labute approximate surface area is 140 Å². The summed E-state index contributed by atoms with van der Waals surface area (Å²) in [6, 6.07) is 3.59. The first-order valence-corrected chi connectivity index (χ1v) is 7.78. The van der Waals surface area contributed by atoms with E-state index >= 15 is 0 Å². The number of likely N-dealkylation sites (tertiary alicyclic amines) is 1. The highest BCUT2D eigenvalue weighted by Gasteiger charge is 2.27. The lowest BCUT2D eigenvalue weighted by molar-refractivity contribution is -0.125. The van der Waals surface area contributed by atoms with Gasteiger partial charge in [0, 0.05) is 33.1 Å². The molecule has 1 atom stereocenters. The first kappa shape index (κ1) is 16.0. The number of nitrogens with zero attached hydrogens (tertiary/aromatic N) is 4. The van der Waals surface area contributed by atoms with E-state index in [-0.39, 0.29) is 12.0 Å². The van der Waals surface area contributed by atoms with E-state index in [9.17, 15) is 4.79 Å². The molecule has 0 aromatic carbocycles. The predicted molar refractivity (Wildman–Crippen MR) is 89.7 cm³/mol. The molecule has 7 heteroatoms. The van der Waals surface area contributed by atoms with Crippen molar-refractivity contribution in [2.75, 3.05) is 32.1 Å². The number of ether oxygens (including phenoxy) is 1. The van der Waals surface area contributed by atoms with Crippen LogP contribution in [0.1, 0.15) is 12.2 Å². The first-order chi connectivity index (χ1) is 11.6. The molecule has 3 rings (SSSR count). The molecule has 0 saturated carbocycles. The Balaban J connectivity index is 1.55. The number of aromatic nitrogens is 2. The largest absolute Gasteiger partial charge is 0.471 e. The lowest BCUT2D eigenvalue weighted by Gasteiger charge is -2.16. The molecular formula is C17H20N4O3. The van der Waals surface area contributed by atoms with Crippen molar-refractivity contribution in [2.45, 2.75) is 12.5 Å². The molecule has 1 fully saturated rings. The van der Waals surface area contributed by atoms with E-state index in [1.54, 1.807) is 41.8 Å². The molecule has 1 saturated heterocycles. The van der Waals surface area contributed by atoms with Crippen LogP contribution in [0.15, 0.2) is 41.3 Å². The fraction of sp³-hybridized carbons (Fsp3) is 0.353. The Bertz CT molecular complexity index is 712. The lowest BCUT2D eigenvalue weighted by atomic mass is 10.3. The molecule has 126 valence electrons. The quantitative estimate of drug-likeness (QED) is 0.780. The fourth-order valence-corrected chi connectivity index (χ4v) is 2.45. The van der Waals surface area contributed by atoms with Crippen molar-refractivity contribution in [1.82, 2.24) is 14.9 Å². The molecule has 0 bridgehead atoms. The summed E-state index contributed by atoms with van der Waals surface area (Å²) in [5.74, 6) is 1.82. The second-order valence-electron chi connectivity index (χ2n) is 5.77. The molecule has 24 heavy (non-hydrogen) atoms. The molecule has 2 aromatic heterocycles. The maximum atomic E-state index is 12.2. The summed E-state index contributed by atoms with van der Waals surface area (Å²) in [5, 5.41) is 0. The summed E-state index contributed by atoms with van der Waals surface area (Å²) in [6.07, 6.45) is 8.74. The number of hydrogen-bond donors (Lipinski definition) is 0. The van der Waals surface area contributed by atoms with Gasteiger partial charge in [-0.3, -0.25) is 9.78 Å². The van der Waals surface area contributed by atoms with Gasteiger partial charge < -0.3 is 19.0 Å². The zero-order valence-corrected chi connectivity index (χ0v) is 13.8. The van der Waals surface area contributed by atoms with E-state index in [1.807, 2.05) is 19.0 Å². The van der Waals surface area contributed by atoms with Gasteiger partial charge in [0.15, 0.2) is 5.82 Å². The highest BCUT2D eigenvalue weighted by molar-refractivity contribution is 5.91. The van der Waals surface area contributed by atoms with Gasteiger partial charge >= 0.3 is 0 Å². The van der Waals surface area contributed by atoms with Crippen molar-refractivity contribution in [1.29, 1.82) is 0 Å². The van der Waals surface area contributed by atoms with Gasteiger partial charge in [0.05, 0.1) is 25.2 Å². The molecular weight excluding hydrogens is 308 g/mol. The Morgan fingerprint density at radius 3 is 3.08 bits per heavy atom. The zero-order valence-electron chi connectivity index (χ0n) is 13.8. The molecule has 0 radical (unpaired) electrons. The Morgan fingerprint density at radius 1 is 1.46 bits per heavy atom. The van der Waals surface area contributed by atoms with Crippen molar-refractivity contribution in [3.8, 4) is 5.88 Å². The van der Waals surface area contributed by atoms with Gasteiger partial charge in [0.1, 0.15) is 11.9 Å². The molecule has 0 spiro atoms. The SMILES string of the molecule is CN(C)c1cncc(OC2CCN(C(=O)C=Cc3ccco3)C2)n1. The summed E-state index contributed by atoms with van der Waals surface area (Å²) in [4.78, 5) is 24.3. The molecule has 0 aliphatic carbocycles. The third kappa shape index (κ3) is 3.92. The first-order valence-electron chi connectivity index (χ1n) is 7.78. The Hall–Kier alpha value is -2.83. The van der Waals surface area contributed by atoms with Gasteiger partial charge in [-0.2, -0.15) is 4.98 Å². The lowest BCUT2D eigenvalue weighted by Crippen LogP contribution is -2.29. The number of anilines is 1. The maximum absolute atomic E-state index is 12.2. The van der Waals surface area contributed by atoms with E-state index in [0.717, 1.165) is 12.2 Å². The number of rotatable bonds is 5. The summed E-state index contributed by atoms with van der Waals surface area (Å²) in [7, 11) is 3.80. The van der Waals surface area contributed by atoms with Crippen LogP contribution < -0.4 is 9.64 Å². The minimum atomic E-state index is -0.0716. The van der Waals surface area contributed by atoms with Crippen molar-refractivity contribution in [3.63, 3.8) is 0 Å². The molecule has 2 aromatic rings. The van der Waals surface area contributed by atoms with E-state index in [1.165, 1.54) is 6.08 Å². The topological polar surface area (TPSA) is 71.7 Å². The third-order valence-corrected chi connectivity index (χ3v) is 3.74. The minimum Gasteiger partial charge on any atom is -0.471 e. The second-order valence-corrected chi connectivity index (χ2v) is 5.77. The van der Waals surface area contributed by atoms with Crippen LogP contribution in [-0.4, -0.2) is 54.1 Å². The van der Waals surface area contributed by atoms with E-state index in [4.69, 9.17) is 9.15 Å². The second kappa shape index (κ2) is 7.16. The standard InChI is InChI=1S/C17H20N4O3/c1-20(2)15-10-18-11-16(19-15)24-14-7-8-21(12-14)17(22)6-5-13-4-3-9-23-13/h3-6,9-11,14H,7-8,12H2,1-2H3. The molecule has 1 unspecified atom stereocenters. The molecule has 1 aliphatic heterocycles. The maximum Gasteiger partial charge on any atom is 0.246 e. The van der Waals surface area contributed by atoms with E-state index in [0.29, 0.717) is 24.7 Å². The predicted octanol–water partition coefficient (Wildman–Crippen LogP) is 1.83. The van der Waals surface area contributed by atoms with Crippen LogP contribution >= 0.6 is 0 Å². The van der Waals surface area contributed by atoms with Crippen LogP contribution in [0, 0.1) is 0 Å². The summed E-state index contributed by atoms with van der Waals surface area (Å²) >= 11 is 0. The van der Waals surface area contributed by atoms with Gasteiger partial charge in [-0.25, -0.2) is 0 Å². The van der Waals surface area contributed by atoms with Crippen LogP contribution in [0.3, 0.4) is 0 Å². The molecule has 3 heterocycles. The number of carbonyl (C=O) groups is 1. The van der Waals surface area contributed by atoms with Gasteiger partial charge in [-0.1, -0.05) is 0 Å². The van der Waals surface area contributed by atoms with Crippen LogP contribution in [0.25, 0.3) is 6.08 Å². The molecule has 0 N–H and O–H groups in total. The van der Waals surface area contributed by atoms with Gasteiger partial charge in [0.25, 0.3) is 0 Å². The van der Waals surface area contributed by atoms with Crippen molar-refractivity contribution < 1.29 is 13.9 Å². The highest BCUT2D eigenvalue weighted by atomic mass is 16.5. The van der Waals surface area contributed by atoms with Gasteiger partial charge in [0.2, 0.25) is 11.8 Å². The van der Waals surface area contributed by atoms with Crippen molar-refractivity contribution in [2.24, 2.45) is 0 Å². The molecule has 1 aliphatic rings. The number of hydrogen-bond acceptors (Lipinski definition) is 6. The molecule has 1 amide bonds. The fourth-order valence-electron chi connectivity index (χ4n) is 2.45. The number of amides is 1. The Morgan fingerprint density at radius 2 is 2.33 bits per heavy atom. The number of carbonyl (C=O) groups excluding carboxylic acids is 1. The zero-order chi connectivity index (χ0) is 16.9. The van der Waals surface area contributed by atoms with E-state index < -0.39 is 0 Å². The average molecular weight is 328 g/mol. The van der Waals surface area contributed by atoms with Crippen LogP contribution in [0.4, 0.5) is 5.82 Å². The third-order valence-electron chi connectivity index (χ3n) is 3.74. The smallest absolute Gasteiger partial charge is 0.246 e. The van der Waals surface area contributed by atoms with E-state index in [2.05, 4.69) is 9.97 Å². The van der Waals surface area contributed by atoms with Gasteiger partial charge in [-0.15, -0.1) is 0 Å². The summed E-state index contributed by atoms with van der Waals surface area (Å²) in [6.45, 7) is 1.20. The summed E-state index contributed by atoms with van der Waals surface area (Å²) in [5.41, 5.74) is 0. The minimum absolute atomic E-state index is 0.0503. The molecule has 7 nitrogen and oxygen atoms in total. The monoisotopic (exact) mass is 328 g/mol. The van der Waals surface area contributed by atoms with Crippen molar-refractivity contribution >= 4 is 17.8 Å². The van der Waals surface area contributed by atoms with Crippen LogP contribution in [0.5, 0.6) is 5.88 Å². The average Bonchev–Trinajstić information content (AvgIpc) is 3.24. The summed E-state index contributed by atoms with van der Waals surface area (Å²) < 4.78 is 11.0. The Kier molecular flexibility index (Phi) is 4.79. The normalized spacial score (nSPS) is 17.4. The number of furan rings is 1. The van der Waals surface area contributed by atoms with Crippen LogP contribution in [0.2, 0.25) is 0 Å². The van der Waals surface area contributed by atoms with Gasteiger partial charge in [-0.05, 0) is 18.2 Å². The van der Waals surface area contributed by atoms with Crippen molar-refractivity contribution in [3.05, 3.63) is 42.6 Å². The highest BCUT2D eigenvalue weighted by Crippen LogP contribution is 2.18.